The molecule has 0 saturated heterocycles. The average molecular weight is 546 g/mol. The quantitative estimate of drug-likeness (QED) is 0.184. The fourth-order valence-corrected chi connectivity index (χ4v) is 5.52. The number of H-pyrrole nitrogens is 1. The first kappa shape index (κ1) is 26.4. The number of nitrogens with zero attached hydrogens (tertiary/aromatic N) is 4. The summed E-state index contributed by atoms with van der Waals surface area (Å²) in [5, 5.41) is 6.70. The van der Waals surface area contributed by atoms with Gasteiger partial charge in [-0.3, -0.25) is 15.0 Å². The van der Waals surface area contributed by atoms with Gasteiger partial charge in [0.25, 0.3) is 0 Å². The lowest BCUT2D eigenvalue weighted by molar-refractivity contribution is 0.405. The van der Waals surface area contributed by atoms with Crippen molar-refractivity contribution >= 4 is 28.0 Å². The maximum atomic E-state index is 14.0. The van der Waals surface area contributed by atoms with Crippen molar-refractivity contribution < 1.29 is 4.39 Å². The van der Waals surface area contributed by atoms with Gasteiger partial charge in [-0.25, -0.2) is 9.37 Å². The molecular formula is C33H32FN7. The van der Waals surface area contributed by atoms with Crippen molar-refractivity contribution in [3.05, 3.63) is 103 Å². The maximum Gasteiger partial charge on any atom is 0.138 e. The fraction of sp³-hybridized carbons (Fsp3) is 0.212. The Labute approximate surface area is 238 Å². The highest BCUT2D eigenvalue weighted by Crippen LogP contribution is 2.34. The lowest BCUT2D eigenvalue weighted by atomic mass is 9.87. The molecule has 7 nitrogen and oxygen atoms in total. The normalized spacial score (nSPS) is 13.7. The molecule has 6 rings (SSSR count). The number of halogens is 1. The van der Waals surface area contributed by atoms with Crippen LogP contribution in [0.3, 0.4) is 0 Å². The predicted molar refractivity (Wildman–Crippen MR) is 164 cm³/mol. The molecule has 0 atom stereocenters. The standard InChI is InChI=1S/C33H32FN7/c1-20(33-40-31-18-37-17-28(32(31)41-33)23-10-7-11-25(34)12-23)27-14-29(38-19-30(27)35-3)24-13-26(16-36-15-24)39-21(2)22-8-5-4-6-9-22/h7,10-19,22,35,39H,1-2,4-6,8-9H2,3H3,(H,40,41). The monoisotopic (exact) mass is 545 g/mol. The van der Waals surface area contributed by atoms with Crippen molar-refractivity contribution in [1.82, 2.24) is 24.9 Å². The summed E-state index contributed by atoms with van der Waals surface area (Å²) >= 11 is 0. The summed E-state index contributed by atoms with van der Waals surface area (Å²) in [6.45, 7) is 8.69. The molecule has 5 aromatic rings. The van der Waals surface area contributed by atoms with Gasteiger partial charge in [-0.2, -0.15) is 0 Å². The van der Waals surface area contributed by atoms with Crippen molar-refractivity contribution in [3.63, 3.8) is 0 Å². The third kappa shape index (κ3) is 5.45. The number of hydrogen-bond acceptors (Lipinski definition) is 6. The summed E-state index contributed by atoms with van der Waals surface area (Å²) in [6, 6.07) is 10.5. The highest BCUT2D eigenvalue weighted by molar-refractivity contribution is 5.94. The highest BCUT2D eigenvalue weighted by Gasteiger charge is 2.18. The molecule has 3 N–H and O–H groups in total. The third-order valence-electron chi connectivity index (χ3n) is 7.75. The van der Waals surface area contributed by atoms with Crippen LogP contribution in [-0.2, 0) is 0 Å². The van der Waals surface area contributed by atoms with Crippen LogP contribution in [0, 0.1) is 11.7 Å². The zero-order chi connectivity index (χ0) is 28.3. The molecule has 1 fully saturated rings. The summed E-state index contributed by atoms with van der Waals surface area (Å²) in [5.41, 5.74) is 8.83. The largest absolute Gasteiger partial charge is 0.386 e. The minimum absolute atomic E-state index is 0.310. The Morgan fingerprint density at radius 1 is 0.951 bits per heavy atom. The summed E-state index contributed by atoms with van der Waals surface area (Å²) in [7, 11) is 1.85. The summed E-state index contributed by atoms with van der Waals surface area (Å²) in [4.78, 5) is 21.7. The molecule has 206 valence electrons. The summed E-state index contributed by atoms with van der Waals surface area (Å²) in [6.07, 6.45) is 15.0. The number of allylic oxidation sites excluding steroid dienone is 1. The van der Waals surface area contributed by atoms with E-state index in [0.29, 0.717) is 28.4 Å². The Morgan fingerprint density at radius 2 is 1.78 bits per heavy atom. The number of hydrogen-bond donors (Lipinski definition) is 3. The molecule has 4 aromatic heterocycles. The van der Waals surface area contributed by atoms with Crippen molar-refractivity contribution in [2.24, 2.45) is 5.92 Å². The van der Waals surface area contributed by atoms with Gasteiger partial charge in [0.2, 0.25) is 0 Å². The van der Waals surface area contributed by atoms with Crippen LogP contribution in [0.1, 0.15) is 43.5 Å². The molecule has 41 heavy (non-hydrogen) atoms. The third-order valence-corrected chi connectivity index (χ3v) is 7.75. The Kier molecular flexibility index (Phi) is 7.29. The lowest BCUT2D eigenvalue weighted by Gasteiger charge is -2.24. The van der Waals surface area contributed by atoms with Crippen LogP contribution in [-0.4, -0.2) is 32.0 Å². The first-order chi connectivity index (χ1) is 20.0. The molecule has 0 amide bonds. The number of fused-ring (bicyclic) bond motifs is 1. The van der Waals surface area contributed by atoms with E-state index in [-0.39, 0.29) is 5.82 Å². The summed E-state index contributed by atoms with van der Waals surface area (Å²) < 4.78 is 14.0. The van der Waals surface area contributed by atoms with E-state index in [4.69, 9.17) is 9.97 Å². The van der Waals surface area contributed by atoms with Crippen molar-refractivity contribution in [2.45, 2.75) is 32.1 Å². The van der Waals surface area contributed by atoms with Crippen molar-refractivity contribution in [2.75, 3.05) is 17.7 Å². The summed E-state index contributed by atoms with van der Waals surface area (Å²) in [5.74, 6) is 0.780. The predicted octanol–water partition coefficient (Wildman–Crippen LogP) is 7.83. The number of benzene rings is 1. The van der Waals surface area contributed by atoms with Crippen LogP contribution in [0.2, 0.25) is 0 Å². The molecule has 1 aliphatic rings. The van der Waals surface area contributed by atoms with Gasteiger partial charge in [-0.05, 0) is 48.6 Å². The number of rotatable bonds is 8. The van der Waals surface area contributed by atoms with E-state index in [1.807, 2.05) is 31.4 Å². The maximum absolute atomic E-state index is 14.0. The second-order valence-electron chi connectivity index (χ2n) is 10.5. The topological polar surface area (TPSA) is 91.4 Å². The molecule has 0 spiro atoms. The molecule has 0 unspecified atom stereocenters. The molecule has 1 saturated carbocycles. The van der Waals surface area contributed by atoms with Crippen LogP contribution in [0.4, 0.5) is 15.8 Å². The Balaban J connectivity index is 1.31. The number of pyridine rings is 3. The molecule has 0 aliphatic heterocycles. The Bertz CT molecular complexity index is 1750. The number of aromatic nitrogens is 5. The zero-order valence-electron chi connectivity index (χ0n) is 23.0. The van der Waals surface area contributed by atoms with Crippen LogP contribution >= 0.6 is 0 Å². The number of nitrogens with one attached hydrogen (secondary N) is 3. The first-order valence-corrected chi connectivity index (χ1v) is 13.9. The lowest BCUT2D eigenvalue weighted by Crippen LogP contribution is -2.14. The number of imidazole rings is 1. The minimum Gasteiger partial charge on any atom is -0.386 e. The molecule has 1 aromatic carbocycles. The van der Waals surface area contributed by atoms with Gasteiger partial charge in [0.1, 0.15) is 11.6 Å². The van der Waals surface area contributed by atoms with Crippen LogP contribution in [0.25, 0.3) is 39.0 Å². The van der Waals surface area contributed by atoms with E-state index < -0.39 is 0 Å². The Hall–Kier alpha value is -4.85. The zero-order valence-corrected chi connectivity index (χ0v) is 23.0. The fourth-order valence-electron chi connectivity index (χ4n) is 5.52. The van der Waals surface area contributed by atoms with E-state index >= 15 is 0 Å². The first-order valence-electron chi connectivity index (χ1n) is 13.9. The highest BCUT2D eigenvalue weighted by atomic mass is 19.1. The SMILES string of the molecule is C=C(c1nc2c(-c3cccc(F)c3)cncc2[nH]1)c1cc(-c2cncc(NC(=C)C3CCCCC3)c2)ncc1NC. The van der Waals surface area contributed by atoms with Gasteiger partial charge in [-0.1, -0.05) is 44.6 Å². The molecule has 0 radical (unpaired) electrons. The second kappa shape index (κ2) is 11.3. The molecule has 0 bridgehead atoms. The minimum atomic E-state index is -0.310. The van der Waals surface area contributed by atoms with Crippen molar-refractivity contribution in [1.29, 1.82) is 0 Å². The van der Waals surface area contributed by atoms with E-state index in [9.17, 15) is 4.39 Å². The van der Waals surface area contributed by atoms with E-state index in [1.165, 1.54) is 44.2 Å². The van der Waals surface area contributed by atoms with Crippen LogP contribution < -0.4 is 10.6 Å². The van der Waals surface area contributed by atoms with Gasteiger partial charge >= 0.3 is 0 Å². The van der Waals surface area contributed by atoms with Crippen LogP contribution in [0.5, 0.6) is 0 Å². The smallest absolute Gasteiger partial charge is 0.138 e. The average Bonchev–Trinajstić information content (AvgIpc) is 3.46. The molecule has 4 heterocycles. The van der Waals surface area contributed by atoms with E-state index in [1.54, 1.807) is 30.9 Å². The van der Waals surface area contributed by atoms with E-state index in [0.717, 1.165) is 45.0 Å². The van der Waals surface area contributed by atoms with Crippen molar-refractivity contribution in [3.8, 4) is 22.4 Å². The van der Waals surface area contributed by atoms with Gasteiger partial charge in [0.05, 0.1) is 46.7 Å². The molecule has 1 aliphatic carbocycles. The van der Waals surface area contributed by atoms with E-state index in [2.05, 4.69) is 38.7 Å². The Morgan fingerprint density at radius 3 is 2.59 bits per heavy atom. The van der Waals surface area contributed by atoms with Gasteiger partial charge in [-0.15, -0.1) is 0 Å². The second-order valence-corrected chi connectivity index (χ2v) is 10.5. The van der Waals surface area contributed by atoms with Gasteiger partial charge in [0.15, 0.2) is 0 Å². The van der Waals surface area contributed by atoms with Gasteiger partial charge < -0.3 is 15.6 Å². The number of aromatic amines is 1. The van der Waals surface area contributed by atoms with Gasteiger partial charge in [0, 0.05) is 47.4 Å². The number of anilines is 2. The molecule has 8 heteroatoms. The molecular weight excluding hydrogens is 513 g/mol. The van der Waals surface area contributed by atoms with Crippen LogP contribution in [0.15, 0.2) is 86.2 Å².